The van der Waals surface area contributed by atoms with Crippen molar-refractivity contribution in [2.24, 2.45) is 23.7 Å². The quantitative estimate of drug-likeness (QED) is 0.629. The van der Waals surface area contributed by atoms with Crippen LogP contribution in [0.25, 0.3) is 0 Å². The molecule has 1 aliphatic rings. The molecule has 0 aromatic carbocycles. The van der Waals surface area contributed by atoms with Crippen molar-refractivity contribution in [1.29, 1.82) is 0 Å². The molecule has 0 amide bonds. The van der Waals surface area contributed by atoms with Gasteiger partial charge in [-0.3, -0.25) is 4.79 Å². The van der Waals surface area contributed by atoms with Crippen LogP contribution in [0.5, 0.6) is 0 Å². The molecule has 0 aliphatic heterocycles. The van der Waals surface area contributed by atoms with Crippen LogP contribution in [0.4, 0.5) is 0 Å². The van der Waals surface area contributed by atoms with Gasteiger partial charge in [0.15, 0.2) is 0 Å². The van der Waals surface area contributed by atoms with Gasteiger partial charge in [-0.1, -0.05) is 26.8 Å². The van der Waals surface area contributed by atoms with Crippen molar-refractivity contribution in [1.82, 2.24) is 0 Å². The van der Waals surface area contributed by atoms with E-state index in [-0.39, 0.29) is 5.92 Å². The molecule has 1 saturated carbocycles. The van der Waals surface area contributed by atoms with Gasteiger partial charge in [0.2, 0.25) is 0 Å². The summed E-state index contributed by atoms with van der Waals surface area (Å²) in [5.74, 6) is 2.38. The number of ketones is 1. The third-order valence-corrected chi connectivity index (χ3v) is 3.46. The van der Waals surface area contributed by atoms with Crippen molar-refractivity contribution in [3.63, 3.8) is 0 Å². The third-order valence-electron chi connectivity index (χ3n) is 3.46. The first-order chi connectivity index (χ1) is 6.56. The first kappa shape index (κ1) is 11.5. The number of hydrogen-bond donors (Lipinski definition) is 0. The Labute approximate surface area is 87.6 Å². The van der Waals surface area contributed by atoms with Gasteiger partial charge in [0.25, 0.3) is 0 Å². The van der Waals surface area contributed by atoms with Crippen molar-refractivity contribution in [3.05, 3.63) is 12.7 Å². The minimum Gasteiger partial charge on any atom is -0.299 e. The molecule has 1 fully saturated rings. The molecular weight excluding hydrogens is 172 g/mol. The van der Waals surface area contributed by atoms with Crippen molar-refractivity contribution in [2.45, 2.75) is 40.0 Å². The summed E-state index contributed by atoms with van der Waals surface area (Å²) in [6.45, 7) is 10.3. The molecule has 0 spiro atoms. The zero-order chi connectivity index (χ0) is 10.7. The van der Waals surface area contributed by atoms with Gasteiger partial charge in [0.05, 0.1) is 0 Å². The van der Waals surface area contributed by atoms with Crippen LogP contribution < -0.4 is 0 Å². The van der Waals surface area contributed by atoms with Crippen LogP contribution in [0, 0.1) is 23.7 Å². The molecule has 14 heavy (non-hydrogen) atoms. The van der Waals surface area contributed by atoms with E-state index < -0.39 is 0 Å². The molecule has 0 bridgehead atoms. The Morgan fingerprint density at radius 2 is 2.21 bits per heavy atom. The minimum absolute atomic E-state index is 0.282. The van der Waals surface area contributed by atoms with Gasteiger partial charge < -0.3 is 0 Å². The predicted molar refractivity (Wildman–Crippen MR) is 60.0 cm³/mol. The Balaban J connectivity index is 2.66. The minimum atomic E-state index is 0.282. The lowest BCUT2D eigenvalue weighted by Gasteiger charge is -2.34. The lowest BCUT2D eigenvalue weighted by atomic mass is 9.69. The highest BCUT2D eigenvalue weighted by Gasteiger charge is 2.35. The Bertz CT molecular complexity index is 219. The zero-order valence-electron chi connectivity index (χ0n) is 9.62. The third kappa shape index (κ3) is 2.46. The molecule has 0 heterocycles. The van der Waals surface area contributed by atoms with Crippen molar-refractivity contribution in [2.75, 3.05) is 0 Å². The van der Waals surface area contributed by atoms with Crippen LogP contribution in [0.15, 0.2) is 12.7 Å². The maximum absolute atomic E-state index is 11.9. The fourth-order valence-electron chi connectivity index (χ4n) is 2.95. The van der Waals surface area contributed by atoms with E-state index in [2.05, 4.69) is 27.4 Å². The molecule has 0 N–H and O–H groups in total. The van der Waals surface area contributed by atoms with E-state index >= 15 is 0 Å². The average molecular weight is 194 g/mol. The van der Waals surface area contributed by atoms with E-state index in [4.69, 9.17) is 0 Å². The zero-order valence-corrected chi connectivity index (χ0v) is 9.62. The number of allylic oxidation sites excluding steroid dienone is 1. The number of hydrogen-bond acceptors (Lipinski definition) is 1. The molecule has 1 heteroatoms. The van der Waals surface area contributed by atoms with Gasteiger partial charge in [-0.15, -0.1) is 6.58 Å². The van der Waals surface area contributed by atoms with Crippen LogP contribution in [-0.2, 0) is 4.79 Å². The molecule has 80 valence electrons. The summed E-state index contributed by atoms with van der Waals surface area (Å²) in [6.07, 6.45) is 4.90. The standard InChI is InChI=1S/C13H22O/c1-5-6-10(3)13-11(4)7-9(2)8-12(13)14/h5,9-11,13H,1,6-8H2,2-4H3/t9-,10?,11-,13?/m1/s1. The van der Waals surface area contributed by atoms with Crippen LogP contribution in [0.2, 0.25) is 0 Å². The summed E-state index contributed by atoms with van der Waals surface area (Å²) >= 11 is 0. The van der Waals surface area contributed by atoms with Crippen LogP contribution in [0.3, 0.4) is 0 Å². The molecule has 4 atom stereocenters. The van der Waals surface area contributed by atoms with Gasteiger partial charge in [-0.05, 0) is 30.6 Å². The monoisotopic (exact) mass is 194 g/mol. The summed E-state index contributed by atoms with van der Waals surface area (Å²) in [5.41, 5.74) is 0. The maximum Gasteiger partial charge on any atom is 0.136 e. The molecule has 2 unspecified atom stereocenters. The largest absolute Gasteiger partial charge is 0.299 e. The van der Waals surface area contributed by atoms with E-state index in [1.165, 1.54) is 6.42 Å². The second kappa shape index (κ2) is 4.77. The number of Topliss-reactive ketones (excluding diaryl/α,β-unsaturated/α-hetero) is 1. The molecule has 0 radical (unpaired) electrons. The predicted octanol–water partition coefficient (Wildman–Crippen LogP) is 3.45. The van der Waals surface area contributed by atoms with Gasteiger partial charge in [0.1, 0.15) is 5.78 Å². The van der Waals surface area contributed by atoms with Crippen molar-refractivity contribution in [3.8, 4) is 0 Å². The molecule has 0 aromatic heterocycles. The molecule has 1 aliphatic carbocycles. The van der Waals surface area contributed by atoms with Crippen LogP contribution >= 0.6 is 0 Å². The van der Waals surface area contributed by atoms with Gasteiger partial charge >= 0.3 is 0 Å². The topological polar surface area (TPSA) is 17.1 Å². The lowest BCUT2D eigenvalue weighted by Crippen LogP contribution is -2.34. The number of carbonyl (C=O) groups excluding carboxylic acids is 1. The highest BCUT2D eigenvalue weighted by molar-refractivity contribution is 5.82. The first-order valence-electron chi connectivity index (χ1n) is 5.69. The van der Waals surface area contributed by atoms with Gasteiger partial charge in [-0.2, -0.15) is 0 Å². The van der Waals surface area contributed by atoms with E-state index in [1.807, 2.05) is 6.08 Å². The Morgan fingerprint density at radius 1 is 1.57 bits per heavy atom. The fraction of sp³-hybridized carbons (Fsp3) is 0.769. The Hall–Kier alpha value is -0.590. The highest BCUT2D eigenvalue weighted by atomic mass is 16.1. The lowest BCUT2D eigenvalue weighted by molar-refractivity contribution is -0.129. The van der Waals surface area contributed by atoms with E-state index in [0.29, 0.717) is 23.5 Å². The summed E-state index contributed by atoms with van der Waals surface area (Å²) in [4.78, 5) is 11.9. The van der Waals surface area contributed by atoms with Crippen molar-refractivity contribution >= 4 is 5.78 Å². The number of rotatable bonds is 3. The van der Waals surface area contributed by atoms with Gasteiger partial charge in [-0.25, -0.2) is 0 Å². The Kier molecular flexibility index (Phi) is 3.91. The maximum atomic E-state index is 11.9. The second-order valence-electron chi connectivity index (χ2n) is 5.02. The van der Waals surface area contributed by atoms with Crippen molar-refractivity contribution < 1.29 is 4.79 Å². The first-order valence-corrected chi connectivity index (χ1v) is 5.69. The summed E-state index contributed by atoms with van der Waals surface area (Å²) in [7, 11) is 0. The summed E-state index contributed by atoms with van der Waals surface area (Å²) in [6, 6.07) is 0. The summed E-state index contributed by atoms with van der Waals surface area (Å²) in [5, 5.41) is 0. The summed E-state index contributed by atoms with van der Waals surface area (Å²) < 4.78 is 0. The molecular formula is C13H22O. The number of carbonyl (C=O) groups is 1. The highest BCUT2D eigenvalue weighted by Crippen LogP contribution is 2.36. The molecule has 1 nitrogen and oxygen atoms in total. The average Bonchev–Trinajstić information content (AvgIpc) is 2.01. The normalized spacial score (nSPS) is 35.4. The SMILES string of the molecule is C=CCC(C)C1C(=O)C[C@H](C)C[C@H]1C. The van der Waals surface area contributed by atoms with Crippen LogP contribution in [0.1, 0.15) is 40.0 Å². The molecule has 0 aromatic rings. The van der Waals surface area contributed by atoms with Gasteiger partial charge in [0, 0.05) is 12.3 Å². The molecule has 1 rings (SSSR count). The van der Waals surface area contributed by atoms with E-state index in [0.717, 1.165) is 12.8 Å². The second-order valence-corrected chi connectivity index (χ2v) is 5.02. The van der Waals surface area contributed by atoms with E-state index in [9.17, 15) is 4.79 Å². The van der Waals surface area contributed by atoms with Crippen LogP contribution in [-0.4, -0.2) is 5.78 Å². The van der Waals surface area contributed by atoms with E-state index in [1.54, 1.807) is 0 Å². The smallest absolute Gasteiger partial charge is 0.136 e. The fourth-order valence-corrected chi connectivity index (χ4v) is 2.95. The Morgan fingerprint density at radius 3 is 2.71 bits per heavy atom. The molecule has 0 saturated heterocycles.